The number of aliphatic hydroxyl groups is 1. The van der Waals surface area contributed by atoms with E-state index in [0.717, 1.165) is 18.5 Å². The molecule has 1 saturated heterocycles. The lowest BCUT2D eigenvalue weighted by Gasteiger charge is -2.37. The molecule has 8 nitrogen and oxygen atoms in total. The number of benzene rings is 1. The molecule has 8 heteroatoms. The quantitative estimate of drug-likeness (QED) is 0.429. The molecule has 0 unspecified atom stereocenters. The summed E-state index contributed by atoms with van der Waals surface area (Å²) in [6.45, 7) is 9.44. The second kappa shape index (κ2) is 8.81. The van der Waals surface area contributed by atoms with Crippen molar-refractivity contribution in [3.05, 3.63) is 60.0 Å². The monoisotopic (exact) mass is 411 g/mol. The number of nitrogens with zero attached hydrogens (tertiary/aromatic N) is 4. The lowest BCUT2D eigenvalue weighted by Crippen LogP contribution is -2.45. The van der Waals surface area contributed by atoms with E-state index in [1.165, 1.54) is 17.4 Å². The smallest absolute Gasteiger partial charge is 0.256 e. The van der Waals surface area contributed by atoms with Crippen molar-refractivity contribution in [2.45, 2.75) is 51.2 Å². The van der Waals surface area contributed by atoms with Crippen LogP contribution in [0.2, 0.25) is 0 Å². The van der Waals surface area contributed by atoms with Gasteiger partial charge in [0.1, 0.15) is 5.60 Å². The molecular weight excluding hydrogens is 382 g/mol. The van der Waals surface area contributed by atoms with Gasteiger partial charge in [-0.15, -0.1) is 0 Å². The number of allylic oxidation sites excluding steroid dienone is 1. The molecule has 1 fully saturated rings. The summed E-state index contributed by atoms with van der Waals surface area (Å²) in [7, 11) is 0. The van der Waals surface area contributed by atoms with Crippen molar-refractivity contribution in [3.8, 4) is 0 Å². The van der Waals surface area contributed by atoms with Gasteiger partial charge >= 0.3 is 0 Å². The van der Waals surface area contributed by atoms with Gasteiger partial charge in [0.25, 0.3) is 5.91 Å². The minimum Gasteiger partial charge on any atom is -0.382 e. The number of aromatic nitrogens is 1. The molecule has 2 heterocycles. The second-order valence-corrected chi connectivity index (χ2v) is 8.12. The maximum absolute atomic E-state index is 13.4. The van der Waals surface area contributed by atoms with Crippen molar-refractivity contribution in [3.63, 3.8) is 0 Å². The normalized spacial score (nSPS) is 19.8. The summed E-state index contributed by atoms with van der Waals surface area (Å²) in [5.74, 6) is 6.35. The first-order chi connectivity index (χ1) is 14.2. The third-order valence-electron chi connectivity index (χ3n) is 5.37. The fourth-order valence-corrected chi connectivity index (χ4v) is 3.59. The third-order valence-corrected chi connectivity index (χ3v) is 5.37. The van der Waals surface area contributed by atoms with Crippen LogP contribution in [0.15, 0.2) is 52.6 Å². The molecule has 1 amide bonds. The van der Waals surface area contributed by atoms with Crippen LogP contribution < -0.4 is 11.0 Å². The minimum absolute atomic E-state index is 0.0323. The standard InChI is InChI=1S/C22H29N5O3/c1-5-12-24-27(23)19-9-7-6-8-17(19)21(28)26-14-16(11-10-15(26)2)18-13-20(30-25-18)22(3,4)29/h5-9,12-13,15-16,29H,1,10-11,14,23H2,2-4H3/b24-12-/t15-,16-/m1/s1. The van der Waals surface area contributed by atoms with Gasteiger partial charge in [-0.05, 0) is 51.8 Å². The first kappa shape index (κ1) is 21.7. The number of amides is 1. The number of rotatable bonds is 6. The summed E-state index contributed by atoms with van der Waals surface area (Å²) in [5.41, 5.74) is 0.644. The van der Waals surface area contributed by atoms with Crippen molar-refractivity contribution in [1.29, 1.82) is 0 Å². The SMILES string of the molecule is C=C/C=N\N(N)c1ccccc1C(=O)N1C[C@H](c2cc(C(C)(C)O)on2)CC[C@H]1C. The number of carbonyl (C=O) groups is 1. The average molecular weight is 412 g/mol. The van der Waals surface area contributed by atoms with Crippen LogP contribution >= 0.6 is 0 Å². The lowest BCUT2D eigenvalue weighted by atomic mass is 9.89. The maximum atomic E-state index is 13.4. The number of likely N-dealkylation sites (tertiary alicyclic amines) is 1. The maximum Gasteiger partial charge on any atom is 0.256 e. The van der Waals surface area contributed by atoms with Crippen molar-refractivity contribution in [1.82, 2.24) is 10.1 Å². The lowest BCUT2D eigenvalue weighted by molar-refractivity contribution is 0.0474. The van der Waals surface area contributed by atoms with Crippen molar-refractivity contribution >= 4 is 17.8 Å². The van der Waals surface area contributed by atoms with Gasteiger partial charge in [-0.3, -0.25) is 4.79 Å². The summed E-state index contributed by atoms with van der Waals surface area (Å²) in [6.07, 6.45) is 4.70. The molecule has 2 aromatic rings. The highest BCUT2D eigenvalue weighted by Gasteiger charge is 2.34. The van der Waals surface area contributed by atoms with E-state index in [0.29, 0.717) is 23.6 Å². The number of hydrogen-bond donors (Lipinski definition) is 2. The Balaban J connectivity index is 1.84. The Morgan fingerprint density at radius 3 is 2.83 bits per heavy atom. The zero-order valence-corrected chi connectivity index (χ0v) is 17.7. The first-order valence-electron chi connectivity index (χ1n) is 10.0. The van der Waals surface area contributed by atoms with Crippen LogP contribution in [-0.4, -0.2) is 39.9 Å². The molecule has 1 aromatic heterocycles. The molecule has 160 valence electrons. The number of hydrogen-bond acceptors (Lipinski definition) is 7. The van der Waals surface area contributed by atoms with Crippen molar-refractivity contribution in [2.75, 3.05) is 11.7 Å². The predicted molar refractivity (Wildman–Crippen MR) is 116 cm³/mol. The Morgan fingerprint density at radius 2 is 2.17 bits per heavy atom. The molecule has 3 N–H and O–H groups in total. The van der Waals surface area contributed by atoms with Crippen LogP contribution in [0.3, 0.4) is 0 Å². The van der Waals surface area contributed by atoms with Gasteiger partial charge in [-0.2, -0.15) is 10.2 Å². The highest BCUT2D eigenvalue weighted by Crippen LogP contribution is 2.33. The van der Waals surface area contributed by atoms with Crippen LogP contribution in [0.1, 0.15) is 61.3 Å². The van der Waals surface area contributed by atoms with Crippen LogP contribution in [0.5, 0.6) is 0 Å². The summed E-state index contributed by atoms with van der Waals surface area (Å²) < 4.78 is 5.33. The van der Waals surface area contributed by atoms with E-state index in [2.05, 4.69) is 16.8 Å². The Morgan fingerprint density at radius 1 is 1.43 bits per heavy atom. The molecule has 0 saturated carbocycles. The highest BCUT2D eigenvalue weighted by molar-refractivity contribution is 6.00. The summed E-state index contributed by atoms with van der Waals surface area (Å²) in [5, 5.41) is 19.5. The highest BCUT2D eigenvalue weighted by atomic mass is 16.5. The molecule has 1 aliphatic heterocycles. The number of anilines is 1. The topological polar surface area (TPSA) is 108 Å². The van der Waals surface area contributed by atoms with Crippen LogP contribution in [0.25, 0.3) is 0 Å². The number of nitrogens with two attached hydrogens (primary N) is 1. The number of hydrazone groups is 1. The fourth-order valence-electron chi connectivity index (χ4n) is 3.59. The molecule has 0 bridgehead atoms. The largest absolute Gasteiger partial charge is 0.382 e. The van der Waals surface area contributed by atoms with E-state index in [4.69, 9.17) is 10.4 Å². The zero-order valence-electron chi connectivity index (χ0n) is 17.7. The van der Waals surface area contributed by atoms with Crippen LogP contribution in [-0.2, 0) is 5.60 Å². The molecular formula is C22H29N5O3. The molecule has 30 heavy (non-hydrogen) atoms. The summed E-state index contributed by atoms with van der Waals surface area (Å²) in [6, 6.07) is 8.98. The van der Waals surface area contributed by atoms with Crippen LogP contribution in [0, 0.1) is 0 Å². The zero-order chi connectivity index (χ0) is 21.9. The molecule has 3 rings (SSSR count). The molecule has 1 aliphatic rings. The number of carbonyl (C=O) groups excluding carboxylic acids is 1. The molecule has 0 spiro atoms. The minimum atomic E-state index is -1.10. The summed E-state index contributed by atoms with van der Waals surface area (Å²) >= 11 is 0. The van der Waals surface area contributed by atoms with Gasteiger partial charge in [-0.1, -0.05) is 23.9 Å². The molecule has 1 aromatic carbocycles. The Hall–Kier alpha value is -2.97. The van der Waals surface area contributed by atoms with Gasteiger partial charge in [0, 0.05) is 30.8 Å². The van der Waals surface area contributed by atoms with E-state index < -0.39 is 5.60 Å². The molecule has 0 aliphatic carbocycles. The number of para-hydroxylation sites is 1. The Bertz CT molecular complexity index is 931. The summed E-state index contributed by atoms with van der Waals surface area (Å²) in [4.78, 5) is 15.3. The van der Waals surface area contributed by atoms with Crippen molar-refractivity contribution in [2.24, 2.45) is 10.9 Å². The predicted octanol–water partition coefficient (Wildman–Crippen LogP) is 3.16. The second-order valence-electron chi connectivity index (χ2n) is 8.12. The van der Waals surface area contributed by atoms with E-state index in [-0.39, 0.29) is 17.9 Å². The molecule has 2 atom stereocenters. The van der Waals surface area contributed by atoms with E-state index in [1.54, 1.807) is 38.1 Å². The number of hydrazine groups is 1. The van der Waals surface area contributed by atoms with E-state index in [9.17, 15) is 9.90 Å². The third kappa shape index (κ3) is 4.60. The van der Waals surface area contributed by atoms with Crippen LogP contribution in [0.4, 0.5) is 5.69 Å². The van der Waals surface area contributed by atoms with Gasteiger partial charge in [0.05, 0.1) is 16.9 Å². The average Bonchev–Trinajstić information content (AvgIpc) is 3.23. The van der Waals surface area contributed by atoms with Gasteiger partial charge < -0.3 is 14.5 Å². The van der Waals surface area contributed by atoms with E-state index in [1.807, 2.05) is 17.9 Å². The van der Waals surface area contributed by atoms with Gasteiger partial charge in [0.15, 0.2) is 5.76 Å². The fraction of sp³-hybridized carbons (Fsp3) is 0.409. The number of piperidine rings is 1. The Labute approximate surface area is 176 Å². The van der Waals surface area contributed by atoms with Crippen molar-refractivity contribution < 1.29 is 14.4 Å². The van der Waals surface area contributed by atoms with E-state index >= 15 is 0 Å². The van der Waals surface area contributed by atoms with Gasteiger partial charge in [-0.25, -0.2) is 5.84 Å². The molecule has 0 radical (unpaired) electrons. The first-order valence-corrected chi connectivity index (χ1v) is 10.0. The Kier molecular flexibility index (Phi) is 6.38. The van der Waals surface area contributed by atoms with Gasteiger partial charge in [0.2, 0.25) is 0 Å².